The number of aromatic nitrogens is 2. The number of halogens is 4. The predicted octanol–water partition coefficient (Wildman–Crippen LogP) is 5.55. The van der Waals surface area contributed by atoms with Crippen LogP contribution in [0.15, 0.2) is 48.8 Å². The maximum absolute atomic E-state index is 16.2. The second-order valence-electron chi connectivity index (χ2n) is 11.1. The van der Waals surface area contributed by atoms with Gasteiger partial charge in [-0.2, -0.15) is 0 Å². The zero-order valence-corrected chi connectivity index (χ0v) is 26.3. The number of benzene rings is 2. The summed E-state index contributed by atoms with van der Waals surface area (Å²) in [6.07, 6.45) is 5.73. The lowest BCUT2D eigenvalue weighted by Gasteiger charge is -2.44. The quantitative estimate of drug-likeness (QED) is 0.205. The molecule has 0 bridgehead atoms. The maximum atomic E-state index is 16.2. The molecular formula is C32H38Cl2F2N4O4. The molecule has 0 spiro atoms. The first-order valence-corrected chi connectivity index (χ1v) is 15.4. The van der Waals surface area contributed by atoms with E-state index in [-0.39, 0.29) is 53.9 Å². The van der Waals surface area contributed by atoms with Crippen molar-refractivity contribution in [3.05, 3.63) is 92.7 Å². The van der Waals surface area contributed by atoms with E-state index < -0.39 is 22.8 Å². The molecular weight excluding hydrogens is 613 g/mol. The van der Waals surface area contributed by atoms with Crippen molar-refractivity contribution in [1.82, 2.24) is 20.2 Å². The first-order chi connectivity index (χ1) is 21.0. The number of carbonyl (C=O) groups excluding carboxylic acids is 1. The van der Waals surface area contributed by atoms with Crippen molar-refractivity contribution in [3.8, 4) is 0 Å². The van der Waals surface area contributed by atoms with E-state index >= 15 is 8.78 Å². The van der Waals surface area contributed by atoms with Crippen LogP contribution in [0.3, 0.4) is 0 Å². The number of ether oxygens (including phenoxy) is 1. The lowest BCUT2D eigenvalue weighted by molar-refractivity contribution is -0.127. The highest BCUT2D eigenvalue weighted by molar-refractivity contribution is 6.30. The summed E-state index contributed by atoms with van der Waals surface area (Å²) in [6, 6.07) is 8.34. The van der Waals surface area contributed by atoms with Crippen LogP contribution in [0.2, 0.25) is 10.0 Å². The molecule has 0 amide bonds. The van der Waals surface area contributed by atoms with E-state index in [0.717, 1.165) is 19.3 Å². The van der Waals surface area contributed by atoms with Crippen LogP contribution in [0.1, 0.15) is 71.9 Å². The van der Waals surface area contributed by atoms with E-state index in [0.29, 0.717) is 29.4 Å². The molecule has 8 nitrogen and oxygen atoms in total. The average molecular weight is 652 g/mol. The van der Waals surface area contributed by atoms with Gasteiger partial charge in [0.2, 0.25) is 0 Å². The third-order valence-electron chi connectivity index (χ3n) is 8.40. The molecule has 2 aliphatic rings. The molecule has 3 aromatic rings. The van der Waals surface area contributed by atoms with E-state index in [1.165, 1.54) is 67.5 Å². The summed E-state index contributed by atoms with van der Waals surface area (Å²) in [5.41, 5.74) is -6.75. The van der Waals surface area contributed by atoms with Gasteiger partial charge in [0, 0.05) is 47.3 Å². The van der Waals surface area contributed by atoms with Gasteiger partial charge in [-0.25, -0.2) is 18.7 Å². The van der Waals surface area contributed by atoms with E-state index in [2.05, 4.69) is 15.3 Å². The number of nitrogens with one attached hydrogen (secondary N) is 1. The molecule has 0 radical (unpaired) electrons. The molecule has 0 saturated carbocycles. The monoisotopic (exact) mass is 650 g/mol. The van der Waals surface area contributed by atoms with Crippen molar-refractivity contribution in [2.24, 2.45) is 0 Å². The van der Waals surface area contributed by atoms with Crippen molar-refractivity contribution in [2.45, 2.75) is 62.6 Å². The summed E-state index contributed by atoms with van der Waals surface area (Å²) in [7, 11) is 1.52. The highest BCUT2D eigenvalue weighted by Gasteiger charge is 2.52. The van der Waals surface area contributed by atoms with Crippen LogP contribution in [0.5, 0.6) is 0 Å². The molecule has 2 fully saturated rings. The average Bonchev–Trinajstić information content (AvgIpc) is 3.62. The number of rotatable bonds is 9. The van der Waals surface area contributed by atoms with Crippen LogP contribution in [-0.4, -0.2) is 70.4 Å². The van der Waals surface area contributed by atoms with Gasteiger partial charge >= 0.3 is 0 Å². The van der Waals surface area contributed by atoms with Crippen molar-refractivity contribution in [2.75, 3.05) is 33.4 Å². The topological polar surface area (TPSA) is 108 Å². The molecule has 12 heteroatoms. The fourth-order valence-corrected chi connectivity index (χ4v) is 6.06. The Labute approximate surface area is 266 Å². The van der Waals surface area contributed by atoms with Crippen LogP contribution in [0.4, 0.5) is 8.78 Å². The number of alkyl halides is 1. The lowest BCUT2D eigenvalue weighted by Crippen LogP contribution is -2.54. The van der Waals surface area contributed by atoms with Gasteiger partial charge in [0.25, 0.3) is 0 Å². The number of nitrogens with zero attached hydrogens (tertiary/aromatic N) is 3. The Bertz CT molecular complexity index is 1400. The van der Waals surface area contributed by atoms with Crippen molar-refractivity contribution < 1.29 is 28.5 Å². The summed E-state index contributed by atoms with van der Waals surface area (Å²) < 4.78 is 37.3. The third-order valence-corrected chi connectivity index (χ3v) is 8.85. The fourth-order valence-electron chi connectivity index (χ4n) is 5.84. The van der Waals surface area contributed by atoms with Gasteiger partial charge in [0.05, 0.1) is 11.6 Å². The largest absolute Gasteiger partial charge is 0.382 e. The number of aldehydes is 1. The van der Waals surface area contributed by atoms with Gasteiger partial charge in [-0.3, -0.25) is 9.69 Å². The van der Waals surface area contributed by atoms with Crippen LogP contribution >= 0.6 is 23.2 Å². The molecule has 5 rings (SSSR count). The van der Waals surface area contributed by atoms with Gasteiger partial charge in [0.1, 0.15) is 22.9 Å². The Morgan fingerprint density at radius 3 is 2.18 bits per heavy atom. The molecule has 238 valence electrons. The lowest BCUT2D eigenvalue weighted by atomic mass is 9.71. The molecule has 0 aliphatic carbocycles. The predicted molar refractivity (Wildman–Crippen MR) is 165 cm³/mol. The number of aliphatic hydroxyl groups is 2. The Morgan fingerprint density at radius 1 is 1.05 bits per heavy atom. The Morgan fingerprint density at radius 2 is 1.66 bits per heavy atom. The van der Waals surface area contributed by atoms with Gasteiger partial charge in [-0.05, 0) is 82.1 Å². The summed E-state index contributed by atoms with van der Waals surface area (Å²) in [4.78, 5) is 22.1. The van der Waals surface area contributed by atoms with Crippen LogP contribution < -0.4 is 5.32 Å². The first-order valence-electron chi connectivity index (χ1n) is 14.6. The van der Waals surface area contributed by atoms with Crippen molar-refractivity contribution >= 4 is 29.5 Å². The second kappa shape index (κ2) is 14.7. The first kappa shape index (κ1) is 34.3. The normalized spacial score (nSPS) is 19.0. The number of hydrogen-bond acceptors (Lipinski definition) is 8. The number of hydrogen-bond donors (Lipinski definition) is 3. The van der Waals surface area contributed by atoms with Gasteiger partial charge in [-0.1, -0.05) is 42.3 Å². The van der Waals surface area contributed by atoms with Gasteiger partial charge in [-0.15, -0.1) is 0 Å². The number of carbonyl (C=O) groups is 1. The van der Waals surface area contributed by atoms with E-state index in [4.69, 9.17) is 27.9 Å². The molecule has 2 aliphatic heterocycles. The number of piperidine rings is 1. The van der Waals surface area contributed by atoms with E-state index in [9.17, 15) is 15.0 Å². The van der Waals surface area contributed by atoms with Crippen LogP contribution in [0, 0.1) is 5.82 Å². The summed E-state index contributed by atoms with van der Waals surface area (Å²) >= 11 is 12.0. The standard InChI is InChI=1S/C28H30Cl2F2N4O3.C4H8O/c1-3-27(38,26(32)8-10-33-11-9-26)20-12-18(17-37)25(23(31)13-20)28(39,19-4-6-21(29)7-5-19)36(2)16-24-34-14-22(30)15-35-24;1-2-4-5-3-1/h4-7,12-15,17,33,38-39H,3,8-11,16H2,1-2H3;1-4H2/t27?,28-;/m1./s1. The van der Waals surface area contributed by atoms with Gasteiger partial charge < -0.3 is 20.3 Å². The third kappa shape index (κ3) is 7.12. The molecule has 44 heavy (non-hydrogen) atoms. The highest BCUT2D eigenvalue weighted by atomic mass is 35.5. The zero-order valence-electron chi connectivity index (χ0n) is 24.8. The van der Waals surface area contributed by atoms with Crippen molar-refractivity contribution in [3.63, 3.8) is 0 Å². The minimum Gasteiger partial charge on any atom is -0.382 e. The molecule has 1 unspecified atom stereocenters. The highest BCUT2D eigenvalue weighted by Crippen LogP contribution is 2.46. The van der Waals surface area contributed by atoms with Crippen LogP contribution in [0.25, 0.3) is 0 Å². The fraction of sp³-hybridized carbons (Fsp3) is 0.469. The van der Waals surface area contributed by atoms with Crippen LogP contribution in [-0.2, 0) is 22.6 Å². The van der Waals surface area contributed by atoms with Gasteiger partial charge in [0.15, 0.2) is 12.0 Å². The van der Waals surface area contributed by atoms with Crippen molar-refractivity contribution in [1.29, 1.82) is 0 Å². The zero-order chi connectivity index (χ0) is 32.0. The summed E-state index contributed by atoms with van der Waals surface area (Å²) in [5.74, 6) is -0.704. The molecule has 3 N–H and O–H groups in total. The Kier molecular flexibility index (Phi) is 11.4. The SMILES string of the molecule is C1CCOC1.CCC(O)(c1cc(F)c([C@](O)(c2ccc(Cl)cc2)N(C)Cc2ncc(Cl)cn2)c(C=O)c1)C1(F)CCNCC1. The molecule has 1 aromatic heterocycles. The minimum atomic E-state index is -2.21. The smallest absolute Gasteiger partial charge is 0.174 e. The molecule has 2 aromatic carbocycles. The Balaban J connectivity index is 0.000000802. The van der Waals surface area contributed by atoms with E-state index in [1.54, 1.807) is 6.92 Å². The maximum Gasteiger partial charge on any atom is 0.174 e. The minimum absolute atomic E-state index is 0.0235. The van der Waals surface area contributed by atoms with E-state index in [1.807, 2.05) is 0 Å². The summed E-state index contributed by atoms with van der Waals surface area (Å²) in [6.45, 7) is 4.26. The second-order valence-corrected chi connectivity index (χ2v) is 12.0. The molecule has 2 atom stereocenters. The molecule has 3 heterocycles. The Hall–Kier alpha value is -2.57. The summed E-state index contributed by atoms with van der Waals surface area (Å²) in [5, 5.41) is 27.6. The molecule has 2 saturated heterocycles.